The molecule has 104 valence electrons. The maximum Gasteiger partial charge on any atom is 0.326 e. The maximum absolute atomic E-state index is 11.6. The molecule has 1 saturated heterocycles. The summed E-state index contributed by atoms with van der Waals surface area (Å²) in [6.07, 6.45) is 3.48. The van der Waals surface area contributed by atoms with E-state index < -0.39 is 11.9 Å². The van der Waals surface area contributed by atoms with Gasteiger partial charge in [0.25, 0.3) is 5.91 Å². The van der Waals surface area contributed by atoms with E-state index in [0.29, 0.717) is 5.75 Å². The molecule has 2 N–H and O–H groups in total. The van der Waals surface area contributed by atoms with Crippen LogP contribution in [0, 0.1) is 0 Å². The first-order chi connectivity index (χ1) is 9.67. The fourth-order valence-corrected chi connectivity index (χ4v) is 2.26. The summed E-state index contributed by atoms with van der Waals surface area (Å²) in [5.41, 5.74) is 2.15. The van der Waals surface area contributed by atoms with Crippen molar-refractivity contribution < 1.29 is 19.1 Å². The van der Waals surface area contributed by atoms with Gasteiger partial charge in [-0.25, -0.2) is 4.79 Å². The van der Waals surface area contributed by atoms with Crippen molar-refractivity contribution in [3.05, 3.63) is 29.0 Å². The van der Waals surface area contributed by atoms with Crippen molar-refractivity contribution in [2.24, 2.45) is 0 Å². The molecule has 20 heavy (non-hydrogen) atoms. The molecule has 0 saturated carbocycles. The van der Waals surface area contributed by atoms with E-state index in [2.05, 4.69) is 17.6 Å². The second-order valence-corrected chi connectivity index (χ2v) is 4.62. The summed E-state index contributed by atoms with van der Waals surface area (Å²) in [6, 6.07) is 3.25. The Kier molecular flexibility index (Phi) is 3.06. The molecule has 1 aromatic rings. The highest BCUT2D eigenvalue weighted by Crippen LogP contribution is 2.36. The van der Waals surface area contributed by atoms with Crippen LogP contribution in [0.25, 0.3) is 6.08 Å². The number of nitrogens with one attached hydrogen (secondary N) is 2. The predicted molar refractivity (Wildman–Crippen MR) is 71.2 cm³/mol. The van der Waals surface area contributed by atoms with Gasteiger partial charge >= 0.3 is 6.03 Å². The number of benzene rings is 1. The minimum Gasteiger partial charge on any atom is -0.454 e. The van der Waals surface area contributed by atoms with Crippen LogP contribution in [-0.2, 0) is 11.2 Å². The van der Waals surface area contributed by atoms with Crippen molar-refractivity contribution in [1.82, 2.24) is 10.6 Å². The number of aryl methyl sites for hydroxylation is 1. The van der Waals surface area contributed by atoms with E-state index >= 15 is 0 Å². The Bertz CT molecular complexity index is 622. The zero-order valence-corrected chi connectivity index (χ0v) is 11.0. The van der Waals surface area contributed by atoms with Crippen molar-refractivity contribution in [1.29, 1.82) is 0 Å². The number of fused-ring (bicyclic) bond motifs is 1. The number of carbonyl (C=O) groups excluding carboxylic acids is 2. The molecule has 0 atom stereocenters. The molecule has 1 aromatic carbocycles. The highest BCUT2D eigenvalue weighted by molar-refractivity contribution is 6.14. The van der Waals surface area contributed by atoms with Crippen LogP contribution in [0.2, 0.25) is 0 Å². The van der Waals surface area contributed by atoms with Crippen LogP contribution in [-0.4, -0.2) is 18.7 Å². The summed E-state index contributed by atoms with van der Waals surface area (Å²) in [5.74, 6) is 0.951. The highest BCUT2D eigenvalue weighted by Gasteiger charge is 2.24. The molecular formula is C14H14N2O4. The van der Waals surface area contributed by atoms with Crippen LogP contribution in [0.4, 0.5) is 4.79 Å². The van der Waals surface area contributed by atoms with Crippen molar-refractivity contribution in [2.75, 3.05) is 6.79 Å². The lowest BCUT2D eigenvalue weighted by atomic mass is 10.0. The number of imide groups is 1. The molecule has 6 heteroatoms. The lowest BCUT2D eigenvalue weighted by molar-refractivity contribution is -0.115. The molecule has 0 bridgehead atoms. The number of carbonyl (C=O) groups is 2. The third-order valence-electron chi connectivity index (χ3n) is 3.17. The van der Waals surface area contributed by atoms with Gasteiger partial charge in [0.15, 0.2) is 11.5 Å². The number of urea groups is 1. The second-order valence-electron chi connectivity index (χ2n) is 4.62. The molecule has 2 aliphatic heterocycles. The largest absolute Gasteiger partial charge is 0.454 e. The number of rotatable bonds is 3. The van der Waals surface area contributed by atoms with Crippen LogP contribution < -0.4 is 20.1 Å². The summed E-state index contributed by atoms with van der Waals surface area (Å²) < 4.78 is 10.7. The van der Waals surface area contributed by atoms with E-state index in [4.69, 9.17) is 9.47 Å². The Labute approximate surface area is 115 Å². The van der Waals surface area contributed by atoms with Gasteiger partial charge in [-0.1, -0.05) is 13.3 Å². The van der Waals surface area contributed by atoms with Crippen LogP contribution in [0.15, 0.2) is 17.8 Å². The van der Waals surface area contributed by atoms with Crippen LogP contribution >= 0.6 is 0 Å². The topological polar surface area (TPSA) is 76.7 Å². The van der Waals surface area contributed by atoms with Gasteiger partial charge in [0.2, 0.25) is 6.79 Å². The Balaban J connectivity index is 2.01. The monoisotopic (exact) mass is 274 g/mol. The van der Waals surface area contributed by atoms with E-state index in [-0.39, 0.29) is 12.5 Å². The van der Waals surface area contributed by atoms with E-state index in [9.17, 15) is 9.59 Å². The smallest absolute Gasteiger partial charge is 0.326 e. The van der Waals surface area contributed by atoms with Gasteiger partial charge in [0.05, 0.1) is 0 Å². The third-order valence-corrected chi connectivity index (χ3v) is 3.17. The molecular weight excluding hydrogens is 260 g/mol. The molecule has 0 spiro atoms. The van der Waals surface area contributed by atoms with Crippen molar-refractivity contribution in [3.63, 3.8) is 0 Å². The van der Waals surface area contributed by atoms with E-state index in [0.717, 1.165) is 29.7 Å². The van der Waals surface area contributed by atoms with Gasteiger partial charge in [0, 0.05) is 0 Å². The number of amides is 3. The molecule has 0 unspecified atom stereocenters. The quantitative estimate of drug-likeness (QED) is 0.647. The van der Waals surface area contributed by atoms with Crippen molar-refractivity contribution >= 4 is 18.0 Å². The summed E-state index contributed by atoms with van der Waals surface area (Å²) >= 11 is 0. The summed E-state index contributed by atoms with van der Waals surface area (Å²) in [6.45, 7) is 2.28. The fourth-order valence-electron chi connectivity index (χ4n) is 2.26. The van der Waals surface area contributed by atoms with E-state index in [1.807, 2.05) is 12.1 Å². The van der Waals surface area contributed by atoms with Gasteiger partial charge in [-0.15, -0.1) is 0 Å². The zero-order valence-electron chi connectivity index (χ0n) is 11.0. The molecule has 2 aliphatic rings. The molecule has 0 aromatic heterocycles. The lowest BCUT2D eigenvalue weighted by Gasteiger charge is -2.07. The van der Waals surface area contributed by atoms with Gasteiger partial charge in [-0.05, 0) is 35.8 Å². The summed E-state index contributed by atoms with van der Waals surface area (Å²) in [7, 11) is 0. The summed E-state index contributed by atoms with van der Waals surface area (Å²) in [4.78, 5) is 22.7. The molecule has 2 heterocycles. The summed E-state index contributed by atoms with van der Waals surface area (Å²) in [5, 5.41) is 4.66. The Morgan fingerprint density at radius 2 is 1.95 bits per heavy atom. The Morgan fingerprint density at radius 1 is 1.20 bits per heavy atom. The van der Waals surface area contributed by atoms with E-state index in [1.54, 1.807) is 6.08 Å². The molecule has 3 amide bonds. The average molecular weight is 274 g/mol. The Hall–Kier alpha value is -2.50. The molecule has 0 radical (unpaired) electrons. The molecule has 6 nitrogen and oxygen atoms in total. The van der Waals surface area contributed by atoms with Crippen molar-refractivity contribution in [3.8, 4) is 11.5 Å². The normalized spacial score (nSPS) is 18.4. The first-order valence-electron chi connectivity index (χ1n) is 6.44. The fraction of sp³-hybridized carbons (Fsp3) is 0.286. The van der Waals surface area contributed by atoms with Gasteiger partial charge in [0.1, 0.15) is 5.70 Å². The minimum atomic E-state index is -0.501. The molecule has 1 fully saturated rings. The lowest BCUT2D eigenvalue weighted by Crippen LogP contribution is -2.22. The second kappa shape index (κ2) is 4.88. The van der Waals surface area contributed by atoms with Crippen LogP contribution in [0.3, 0.4) is 0 Å². The standard InChI is InChI=1S/C14H14N2O4/c1-2-3-8-5-11-12(20-7-19-11)6-9(8)4-10-13(17)16-14(18)15-10/h4-6H,2-3,7H2,1H3,(H2,15,16,17,18)/b10-4-. The van der Waals surface area contributed by atoms with Gasteiger partial charge < -0.3 is 14.8 Å². The number of ether oxygens (including phenoxy) is 2. The van der Waals surface area contributed by atoms with Gasteiger partial charge in [-0.2, -0.15) is 0 Å². The van der Waals surface area contributed by atoms with E-state index in [1.165, 1.54) is 0 Å². The maximum atomic E-state index is 11.6. The number of hydrogen-bond donors (Lipinski definition) is 2. The minimum absolute atomic E-state index is 0.206. The Morgan fingerprint density at radius 3 is 2.60 bits per heavy atom. The first-order valence-corrected chi connectivity index (χ1v) is 6.44. The highest BCUT2D eigenvalue weighted by atomic mass is 16.7. The predicted octanol–water partition coefficient (Wildman–Crippen LogP) is 1.55. The first kappa shape index (κ1) is 12.5. The molecule has 3 rings (SSSR count). The van der Waals surface area contributed by atoms with Crippen molar-refractivity contribution in [2.45, 2.75) is 19.8 Å². The molecule has 0 aliphatic carbocycles. The average Bonchev–Trinajstić information content (AvgIpc) is 2.97. The SMILES string of the molecule is CCCc1cc2c(cc1/C=C1\NC(=O)NC1=O)OCO2. The van der Waals surface area contributed by atoms with Crippen LogP contribution in [0.5, 0.6) is 11.5 Å². The van der Waals surface area contributed by atoms with Crippen LogP contribution in [0.1, 0.15) is 24.5 Å². The zero-order chi connectivity index (χ0) is 14.1. The van der Waals surface area contributed by atoms with Gasteiger partial charge in [-0.3, -0.25) is 10.1 Å². The third kappa shape index (κ3) is 2.20. The number of hydrogen-bond acceptors (Lipinski definition) is 4.